The summed E-state index contributed by atoms with van der Waals surface area (Å²) in [5.74, 6) is 0.361. The van der Waals surface area contributed by atoms with E-state index in [0.29, 0.717) is 11.1 Å². The monoisotopic (exact) mass is 638 g/mol. The molecule has 9 aromatic rings. The van der Waals surface area contributed by atoms with Crippen LogP contribution in [0, 0.1) is 0 Å². The summed E-state index contributed by atoms with van der Waals surface area (Å²) >= 11 is 0. The van der Waals surface area contributed by atoms with Gasteiger partial charge in [-0.25, -0.2) is 15.0 Å². The van der Waals surface area contributed by atoms with Gasteiger partial charge in [0.25, 0.3) is 0 Å². The van der Waals surface area contributed by atoms with Crippen molar-refractivity contribution >= 4 is 21.9 Å². The lowest BCUT2D eigenvalue weighted by Gasteiger charge is -2.09. The van der Waals surface area contributed by atoms with Gasteiger partial charge in [-0.05, 0) is 39.9 Å². The number of hydrogen-bond donors (Lipinski definition) is 0. The molecule has 0 unspecified atom stereocenters. The Labute approximate surface area is 299 Å². The van der Waals surface area contributed by atoms with E-state index in [1.807, 2.05) is 60.7 Å². The summed E-state index contributed by atoms with van der Waals surface area (Å²) in [5.41, 5.74) is 3.80. The SMILES string of the molecule is [2H]c1c([2H])c([2H])c(-c2c([2H])c([2H])c([2H])c3c2oc2c([2H])c(-c4nc(-c5ccccc5)nc(-c5ccc(-c6ccc(-c7ccccc7)cc6)cc5)n4)c([2H])c([2H])c23)c([2H])c1[2H]. The van der Waals surface area contributed by atoms with E-state index in [1.165, 1.54) is 0 Å². The van der Waals surface area contributed by atoms with Gasteiger partial charge in [-0.1, -0.05) is 164 Å². The van der Waals surface area contributed by atoms with E-state index >= 15 is 0 Å². The Bertz CT molecular complexity index is 3170. The number of para-hydroxylation sites is 1. The Balaban J connectivity index is 1.22. The third-order valence-electron chi connectivity index (χ3n) is 8.17. The fourth-order valence-corrected chi connectivity index (χ4v) is 5.71. The summed E-state index contributed by atoms with van der Waals surface area (Å²) in [7, 11) is 0. The van der Waals surface area contributed by atoms with Gasteiger partial charge in [0.05, 0.1) is 15.1 Å². The van der Waals surface area contributed by atoms with E-state index in [9.17, 15) is 4.11 Å². The highest BCUT2D eigenvalue weighted by molar-refractivity contribution is 6.10. The van der Waals surface area contributed by atoms with Crippen molar-refractivity contribution in [3.63, 3.8) is 0 Å². The van der Waals surface area contributed by atoms with Crippen LogP contribution in [0.5, 0.6) is 0 Å². The molecule has 0 fully saturated rings. The minimum absolute atomic E-state index is 0.107. The van der Waals surface area contributed by atoms with E-state index < -0.39 is 72.0 Å². The average molecular weight is 639 g/mol. The molecule has 0 amide bonds. The van der Waals surface area contributed by atoms with Crippen LogP contribution in [0.3, 0.4) is 0 Å². The van der Waals surface area contributed by atoms with Gasteiger partial charge in [0.1, 0.15) is 11.2 Å². The Morgan fingerprint density at radius 1 is 0.388 bits per heavy atom. The van der Waals surface area contributed by atoms with E-state index in [0.717, 1.165) is 22.3 Å². The summed E-state index contributed by atoms with van der Waals surface area (Å²) in [6.07, 6.45) is 0. The minimum atomic E-state index is -0.679. The van der Waals surface area contributed by atoms with Crippen LogP contribution in [0.2, 0.25) is 0 Å². The normalized spacial score (nSPS) is 14.4. The maximum absolute atomic E-state index is 9.41. The second-order valence-electron chi connectivity index (χ2n) is 11.2. The molecule has 4 nitrogen and oxygen atoms in total. The van der Waals surface area contributed by atoms with Gasteiger partial charge in [-0.15, -0.1) is 0 Å². The lowest BCUT2D eigenvalue weighted by Crippen LogP contribution is -2.00. The van der Waals surface area contributed by atoms with Gasteiger partial charge in [0.15, 0.2) is 17.5 Å². The molecule has 0 aliphatic heterocycles. The maximum Gasteiger partial charge on any atom is 0.164 e. The van der Waals surface area contributed by atoms with Gasteiger partial charge < -0.3 is 4.42 Å². The van der Waals surface area contributed by atoms with E-state index in [-0.39, 0.29) is 50.5 Å². The number of aromatic nitrogens is 3. The quantitative estimate of drug-likeness (QED) is 0.182. The predicted octanol–water partition coefficient (Wildman–Crippen LogP) is 11.8. The Morgan fingerprint density at radius 2 is 0.898 bits per heavy atom. The molecule has 0 bridgehead atoms. The van der Waals surface area contributed by atoms with Crippen molar-refractivity contribution in [2.75, 3.05) is 0 Å². The number of rotatable bonds is 6. The lowest BCUT2D eigenvalue weighted by molar-refractivity contribution is 0.670. The lowest BCUT2D eigenvalue weighted by atomic mass is 9.99. The van der Waals surface area contributed by atoms with Gasteiger partial charge in [-0.3, -0.25) is 0 Å². The molecule has 0 aliphatic rings. The zero-order valence-corrected chi connectivity index (χ0v) is 25.6. The summed E-state index contributed by atoms with van der Waals surface area (Å²) in [6, 6.07) is 28.5. The first kappa shape index (κ1) is 19.2. The highest BCUT2D eigenvalue weighted by Gasteiger charge is 2.16. The largest absolute Gasteiger partial charge is 0.455 e. The van der Waals surface area contributed by atoms with Crippen LogP contribution in [0.1, 0.15) is 15.1 Å². The number of furan rings is 1. The first-order chi connectivity index (χ1) is 28.8. The molecular formula is C45H29N3O. The zero-order valence-electron chi connectivity index (χ0n) is 36.6. The molecule has 2 heterocycles. The molecule has 0 aliphatic carbocycles. The van der Waals surface area contributed by atoms with Crippen LogP contribution in [-0.2, 0) is 0 Å². The third kappa shape index (κ3) is 5.45. The molecule has 0 spiro atoms. The van der Waals surface area contributed by atoms with Gasteiger partial charge in [0, 0.05) is 33.0 Å². The molecule has 49 heavy (non-hydrogen) atoms. The van der Waals surface area contributed by atoms with Crippen molar-refractivity contribution in [3.8, 4) is 67.5 Å². The highest BCUT2D eigenvalue weighted by Crippen LogP contribution is 2.37. The molecule has 230 valence electrons. The Kier molecular flexibility index (Phi) is 4.78. The van der Waals surface area contributed by atoms with Crippen LogP contribution in [-0.4, -0.2) is 15.0 Å². The van der Waals surface area contributed by atoms with Crippen LogP contribution in [0.15, 0.2) is 180 Å². The van der Waals surface area contributed by atoms with Gasteiger partial charge >= 0.3 is 0 Å². The Hall–Kier alpha value is -6.65. The van der Waals surface area contributed by atoms with Crippen LogP contribution < -0.4 is 0 Å². The third-order valence-corrected chi connectivity index (χ3v) is 8.17. The number of benzene rings is 7. The number of hydrogen-bond acceptors (Lipinski definition) is 4. The number of nitrogens with zero attached hydrogens (tertiary/aromatic N) is 3. The molecule has 0 saturated carbocycles. The summed E-state index contributed by atoms with van der Waals surface area (Å²) in [6.45, 7) is 0. The van der Waals surface area contributed by atoms with Crippen LogP contribution in [0.4, 0.5) is 0 Å². The molecule has 2 aromatic heterocycles. The second kappa shape index (κ2) is 12.2. The van der Waals surface area contributed by atoms with Crippen molar-refractivity contribution in [2.24, 2.45) is 0 Å². The zero-order chi connectivity index (χ0) is 42.1. The van der Waals surface area contributed by atoms with E-state index in [1.54, 1.807) is 12.1 Å². The first-order valence-corrected chi connectivity index (χ1v) is 15.5. The van der Waals surface area contributed by atoms with Gasteiger partial charge in [-0.2, -0.15) is 0 Å². The standard InChI is InChI=1S/C45H29N3O/c1-4-11-30(12-5-1)31-19-21-32(22-20-31)33-23-25-36(26-24-33)44-46-43(35-15-8-3-9-16-35)47-45(48-44)37-27-28-39-40-18-10-17-38(34-13-6-2-7-14-34)42(40)49-41(39)29-37/h1-29H/i2D,6D,7D,10D,13D,14D,17D,18D,27D,28D,29D. The molecule has 7 aromatic carbocycles. The van der Waals surface area contributed by atoms with Crippen LogP contribution in [0.25, 0.3) is 89.5 Å². The smallest absolute Gasteiger partial charge is 0.164 e. The fraction of sp³-hybridized carbons (Fsp3) is 0. The molecule has 0 saturated heterocycles. The van der Waals surface area contributed by atoms with Crippen molar-refractivity contribution in [2.45, 2.75) is 0 Å². The molecule has 9 rings (SSSR count). The maximum atomic E-state index is 9.41. The van der Waals surface area contributed by atoms with Crippen molar-refractivity contribution < 1.29 is 19.5 Å². The number of fused-ring (bicyclic) bond motifs is 3. The van der Waals surface area contributed by atoms with Crippen molar-refractivity contribution in [3.05, 3.63) is 176 Å². The second-order valence-corrected chi connectivity index (χ2v) is 11.2. The molecule has 4 heteroatoms. The molecule has 0 atom stereocenters. The van der Waals surface area contributed by atoms with Crippen molar-refractivity contribution in [1.29, 1.82) is 0 Å². The van der Waals surface area contributed by atoms with E-state index in [4.69, 9.17) is 25.4 Å². The predicted molar refractivity (Wildman–Crippen MR) is 200 cm³/mol. The average Bonchev–Trinajstić information content (AvgIpc) is 3.69. The molecule has 0 radical (unpaired) electrons. The van der Waals surface area contributed by atoms with Crippen LogP contribution >= 0.6 is 0 Å². The highest BCUT2D eigenvalue weighted by atomic mass is 16.3. The first-order valence-electron chi connectivity index (χ1n) is 21.0. The summed E-state index contributed by atoms with van der Waals surface area (Å²) < 4.78 is 102. The minimum Gasteiger partial charge on any atom is -0.455 e. The molecular weight excluding hydrogens is 599 g/mol. The van der Waals surface area contributed by atoms with Gasteiger partial charge in [0.2, 0.25) is 0 Å². The Morgan fingerprint density at radius 3 is 1.51 bits per heavy atom. The summed E-state index contributed by atoms with van der Waals surface area (Å²) in [4.78, 5) is 14.2. The van der Waals surface area contributed by atoms with Crippen molar-refractivity contribution in [1.82, 2.24) is 15.0 Å². The fourth-order valence-electron chi connectivity index (χ4n) is 5.71. The molecule has 0 N–H and O–H groups in total. The topological polar surface area (TPSA) is 51.8 Å². The van der Waals surface area contributed by atoms with E-state index in [2.05, 4.69) is 41.4 Å². The summed E-state index contributed by atoms with van der Waals surface area (Å²) in [5, 5.41) is -0.386.